The summed E-state index contributed by atoms with van der Waals surface area (Å²) in [6.07, 6.45) is 0. The van der Waals surface area contributed by atoms with Gasteiger partial charge in [-0.15, -0.1) is 0 Å². The molecule has 2 aliphatic rings. The fourth-order valence-electron chi connectivity index (χ4n) is 15.1. The zero-order valence-electron chi connectivity index (χ0n) is 60.7. The van der Waals surface area contributed by atoms with E-state index in [1.165, 1.54) is 9.79 Å². The Balaban J connectivity index is 0.000000151. The van der Waals surface area contributed by atoms with Gasteiger partial charge in [0.15, 0.2) is 46.4 Å². The molecule has 0 aliphatic carbocycles. The summed E-state index contributed by atoms with van der Waals surface area (Å²) < 4.78 is 6.47. The lowest BCUT2D eigenvalue weighted by atomic mass is 9.86. The highest BCUT2D eigenvalue weighted by Gasteiger charge is 2.32. The molecule has 0 bridgehead atoms. The van der Waals surface area contributed by atoms with Crippen LogP contribution in [0.2, 0.25) is 0 Å². The van der Waals surface area contributed by atoms with Crippen LogP contribution in [0.1, 0.15) is 0 Å². The fourth-order valence-corrected chi connectivity index (χ4v) is 16.1. The van der Waals surface area contributed by atoms with Crippen molar-refractivity contribution in [2.45, 2.75) is 9.79 Å². The van der Waals surface area contributed by atoms with Gasteiger partial charge in [0, 0.05) is 43.2 Å². The van der Waals surface area contributed by atoms with Crippen molar-refractivity contribution in [3.63, 3.8) is 0 Å². The average molecular weight is 1450 g/mol. The fraction of sp³-hybridized carbons (Fsp3) is 0. The molecule has 20 rings (SSSR count). The van der Waals surface area contributed by atoms with E-state index in [0.717, 1.165) is 146 Å². The topological polar surface area (TPSA) is 93.0 Å². The minimum Gasteiger partial charge on any atom is -0.453 e. The molecule has 528 valence electrons. The Bertz CT molecular complexity index is 5730. The Kier molecular flexibility index (Phi) is 18.5. The van der Waals surface area contributed by atoms with E-state index in [0.29, 0.717) is 34.9 Å². The molecule has 0 amide bonds. The molecule has 2 aromatic heterocycles. The lowest BCUT2D eigenvalue weighted by Crippen LogP contribution is -2.17. The average Bonchev–Trinajstić information content (AvgIpc) is 0.743. The quantitative estimate of drug-likeness (QED) is 0.105. The summed E-state index contributed by atoms with van der Waals surface area (Å²) in [6.45, 7) is 0. The lowest BCUT2D eigenvalue weighted by molar-refractivity contribution is 0.477. The van der Waals surface area contributed by atoms with Crippen molar-refractivity contribution in [2.24, 2.45) is 0 Å². The highest BCUT2D eigenvalue weighted by molar-refractivity contribution is 7.99. The molecule has 0 spiro atoms. The van der Waals surface area contributed by atoms with E-state index in [9.17, 15) is 0 Å². The van der Waals surface area contributed by atoms with E-state index < -0.39 is 0 Å². The summed E-state index contributed by atoms with van der Waals surface area (Å²) in [5, 5.41) is 0. The van der Waals surface area contributed by atoms with Crippen molar-refractivity contribution in [3.8, 4) is 147 Å². The maximum Gasteiger partial charge on any atom is 0.166 e. The van der Waals surface area contributed by atoms with Gasteiger partial charge in [0.05, 0.1) is 34.1 Å². The lowest BCUT2D eigenvalue weighted by Gasteiger charge is -2.34. The van der Waals surface area contributed by atoms with Gasteiger partial charge in [-0.25, -0.2) is 29.9 Å². The third-order valence-corrected chi connectivity index (χ3v) is 21.4. The number of hydrogen-bond donors (Lipinski definition) is 0. The summed E-state index contributed by atoms with van der Waals surface area (Å²) in [5.41, 5.74) is 25.0. The largest absolute Gasteiger partial charge is 0.453 e. The van der Waals surface area contributed by atoms with Gasteiger partial charge in [-0.3, -0.25) is 0 Å². The monoisotopic (exact) mass is 1450 g/mol. The van der Waals surface area contributed by atoms with Crippen molar-refractivity contribution in [2.75, 3.05) is 9.80 Å². The predicted octanol–water partition coefficient (Wildman–Crippen LogP) is 27.3. The van der Waals surface area contributed by atoms with E-state index in [-0.39, 0.29) is 0 Å². The van der Waals surface area contributed by atoms with E-state index in [4.69, 9.17) is 34.6 Å². The van der Waals surface area contributed by atoms with Crippen molar-refractivity contribution >= 4 is 45.9 Å². The molecule has 9 nitrogen and oxygen atoms in total. The first-order chi connectivity index (χ1) is 55.6. The second-order valence-corrected chi connectivity index (χ2v) is 28.3. The molecule has 0 atom stereocenters. The van der Waals surface area contributed by atoms with Gasteiger partial charge < -0.3 is 14.5 Å². The predicted molar refractivity (Wildman–Crippen MR) is 458 cm³/mol. The molecule has 16 aromatic carbocycles. The van der Waals surface area contributed by atoms with Gasteiger partial charge in [0.1, 0.15) is 0 Å². The normalized spacial score (nSPS) is 11.8. The van der Waals surface area contributed by atoms with Gasteiger partial charge in [-0.05, 0) is 140 Å². The van der Waals surface area contributed by atoms with Crippen LogP contribution in [0.5, 0.6) is 11.5 Å². The number of fused-ring (bicyclic) bond motifs is 4. The molecule has 4 heterocycles. The molecule has 0 N–H and O–H groups in total. The number of ether oxygens (including phenoxy) is 1. The second-order valence-electron chi connectivity index (χ2n) is 27.2. The number of aromatic nitrogens is 6. The van der Waals surface area contributed by atoms with Crippen LogP contribution < -0.4 is 14.5 Å². The molecule has 112 heavy (non-hydrogen) atoms. The van der Waals surface area contributed by atoms with Gasteiger partial charge in [0.25, 0.3) is 0 Å². The first-order valence-corrected chi connectivity index (χ1v) is 38.2. The van der Waals surface area contributed by atoms with Gasteiger partial charge in [-0.1, -0.05) is 351 Å². The van der Waals surface area contributed by atoms with Crippen molar-refractivity contribution in [1.82, 2.24) is 29.9 Å². The maximum atomic E-state index is 6.47. The number of rotatable bonds is 14. The zero-order valence-corrected chi connectivity index (χ0v) is 61.5. The summed E-state index contributed by atoms with van der Waals surface area (Å²) in [5.74, 6) is 5.15. The number of para-hydroxylation sites is 6. The molecular weight excluding hydrogens is 1390 g/mol. The Labute approximate surface area is 654 Å². The molecule has 10 heteroatoms. The van der Waals surface area contributed by atoms with Gasteiger partial charge in [0.2, 0.25) is 0 Å². The zero-order chi connectivity index (χ0) is 74.5. The Morgan fingerprint density at radius 1 is 0.179 bits per heavy atom. The van der Waals surface area contributed by atoms with Crippen LogP contribution in [0.25, 0.3) is 135 Å². The minimum atomic E-state index is 0.564. The summed E-state index contributed by atoms with van der Waals surface area (Å²) in [7, 11) is 0. The second kappa shape index (κ2) is 30.5. The smallest absolute Gasteiger partial charge is 0.166 e. The first kappa shape index (κ1) is 67.9. The first-order valence-electron chi connectivity index (χ1n) is 37.4. The van der Waals surface area contributed by atoms with E-state index in [1.54, 1.807) is 11.8 Å². The Hall–Kier alpha value is -14.7. The van der Waals surface area contributed by atoms with Crippen molar-refractivity contribution in [1.29, 1.82) is 0 Å². The Morgan fingerprint density at radius 2 is 0.429 bits per heavy atom. The van der Waals surface area contributed by atoms with E-state index in [1.807, 2.05) is 133 Å². The summed E-state index contributed by atoms with van der Waals surface area (Å²) >= 11 is 1.80. The molecule has 2 aliphatic heterocycles. The third-order valence-electron chi connectivity index (χ3n) is 20.3. The van der Waals surface area contributed by atoms with Crippen LogP contribution in [0.3, 0.4) is 0 Å². The van der Waals surface area contributed by atoms with E-state index >= 15 is 0 Å². The number of anilines is 6. The maximum absolute atomic E-state index is 6.47. The minimum absolute atomic E-state index is 0.564. The highest BCUT2D eigenvalue weighted by Crippen LogP contribution is 2.56. The summed E-state index contributed by atoms with van der Waals surface area (Å²) in [6, 6.07) is 143. The summed E-state index contributed by atoms with van der Waals surface area (Å²) in [4.78, 5) is 38.3. The molecule has 0 saturated heterocycles. The van der Waals surface area contributed by atoms with E-state index in [2.05, 4.69) is 289 Å². The van der Waals surface area contributed by atoms with Crippen LogP contribution >= 0.6 is 11.8 Å². The van der Waals surface area contributed by atoms with Crippen LogP contribution in [0, 0.1) is 0 Å². The van der Waals surface area contributed by atoms with Crippen molar-refractivity contribution in [3.05, 3.63) is 413 Å². The highest BCUT2D eigenvalue weighted by atomic mass is 32.2. The Morgan fingerprint density at radius 3 is 0.741 bits per heavy atom. The standard InChI is InChI=1S/C51H34N4O.C51H34N4S/c2*1-5-18-35(19-6-1)40-26-17-27-41(36-20-7-2-8-21-36)48(40)39-32-33-43(55-44-28-13-15-30-46(44)56-47-31-16-14-29-45(47)55)42(34-39)51-53-49(37-22-9-3-10-23-37)52-50(54-51)38-24-11-4-12-25-38/h2*1-34H. The van der Waals surface area contributed by atoms with Gasteiger partial charge >= 0.3 is 0 Å². The molecule has 0 saturated carbocycles. The number of nitrogens with zero attached hydrogens (tertiary/aromatic N) is 8. The van der Waals surface area contributed by atoms with Crippen LogP contribution in [-0.2, 0) is 0 Å². The molecule has 0 unspecified atom stereocenters. The van der Waals surface area contributed by atoms with Crippen LogP contribution in [-0.4, -0.2) is 29.9 Å². The molecule has 18 aromatic rings. The van der Waals surface area contributed by atoms with Gasteiger partial charge in [-0.2, -0.15) is 0 Å². The molecular formula is C102H68N8OS. The third kappa shape index (κ3) is 13.4. The SMILES string of the molecule is c1ccc(-c2nc(-c3ccccc3)nc(-c3cc(-c4c(-c5ccccc5)cccc4-c4ccccc4)ccc3N3c4ccccc4Oc4ccccc43)n2)cc1.c1ccc(-c2nc(-c3ccccc3)nc(-c3cc(-c4c(-c5ccccc5)cccc4-c4ccccc4)ccc3N3c4ccccc4Sc4ccccc43)n2)cc1. The van der Waals surface area contributed by atoms with Crippen LogP contribution in [0.15, 0.2) is 422 Å². The number of hydrogen-bond acceptors (Lipinski definition) is 10. The van der Waals surface area contributed by atoms with Crippen molar-refractivity contribution < 1.29 is 4.74 Å². The van der Waals surface area contributed by atoms with Crippen LogP contribution in [0.4, 0.5) is 34.1 Å². The number of benzene rings is 16. The molecule has 0 radical (unpaired) electrons. The molecule has 0 fully saturated rings.